The van der Waals surface area contributed by atoms with Gasteiger partial charge in [0.2, 0.25) is 0 Å². The molecule has 0 fully saturated rings. The van der Waals surface area contributed by atoms with Gasteiger partial charge in [-0.05, 0) is 23.3 Å². The normalized spacial score (nSPS) is 12.5. The Hall–Kier alpha value is -3.81. The quantitative estimate of drug-likeness (QED) is 0.449. The number of ether oxygens (including phenoxy) is 3. The number of hydrogen-bond acceptors (Lipinski definition) is 6. The van der Waals surface area contributed by atoms with Gasteiger partial charge in [-0.25, -0.2) is 4.79 Å². The Bertz CT molecular complexity index is 1170. The SMILES string of the molecule is COC(=O)[C@H](Cc1ccccc1)NC(=O)c1nn(C)c2c1Cc1cc(OC)c(OC)cc1-2. The maximum atomic E-state index is 13.2. The van der Waals surface area contributed by atoms with Crippen LogP contribution in [0.5, 0.6) is 11.5 Å². The Labute approximate surface area is 186 Å². The van der Waals surface area contributed by atoms with Crippen molar-refractivity contribution in [1.82, 2.24) is 15.1 Å². The topological polar surface area (TPSA) is 91.7 Å². The first-order chi connectivity index (χ1) is 15.5. The Morgan fingerprint density at radius 3 is 2.44 bits per heavy atom. The third-order valence-corrected chi connectivity index (χ3v) is 5.67. The minimum absolute atomic E-state index is 0.290. The third-order valence-electron chi connectivity index (χ3n) is 5.67. The van der Waals surface area contributed by atoms with E-state index in [0.717, 1.165) is 27.9 Å². The second kappa shape index (κ2) is 8.74. The first-order valence-corrected chi connectivity index (χ1v) is 10.2. The lowest BCUT2D eigenvalue weighted by Crippen LogP contribution is -2.43. The van der Waals surface area contributed by atoms with Crippen molar-refractivity contribution >= 4 is 11.9 Å². The summed E-state index contributed by atoms with van der Waals surface area (Å²) in [6.45, 7) is 0. The molecule has 2 aromatic carbocycles. The van der Waals surface area contributed by atoms with Crippen LogP contribution in [0.25, 0.3) is 11.3 Å². The number of esters is 1. The van der Waals surface area contributed by atoms with E-state index in [1.165, 1.54) is 7.11 Å². The van der Waals surface area contributed by atoms with Gasteiger partial charge in [-0.1, -0.05) is 30.3 Å². The largest absolute Gasteiger partial charge is 0.493 e. The number of methoxy groups -OCH3 is 3. The van der Waals surface area contributed by atoms with Crippen LogP contribution in [0.15, 0.2) is 42.5 Å². The molecule has 0 spiro atoms. The van der Waals surface area contributed by atoms with Crippen LogP contribution < -0.4 is 14.8 Å². The van der Waals surface area contributed by atoms with Crippen LogP contribution in [-0.2, 0) is 29.4 Å². The molecule has 32 heavy (non-hydrogen) atoms. The highest BCUT2D eigenvalue weighted by molar-refractivity contribution is 5.99. The average molecular weight is 435 g/mol. The van der Waals surface area contributed by atoms with E-state index in [1.54, 1.807) is 25.9 Å². The van der Waals surface area contributed by atoms with E-state index in [2.05, 4.69) is 10.4 Å². The number of hydrogen-bond donors (Lipinski definition) is 1. The lowest BCUT2D eigenvalue weighted by molar-refractivity contribution is -0.142. The molecule has 1 aliphatic carbocycles. The summed E-state index contributed by atoms with van der Waals surface area (Å²) in [5, 5.41) is 7.26. The summed E-state index contributed by atoms with van der Waals surface area (Å²) in [7, 11) is 6.28. The number of benzene rings is 2. The average Bonchev–Trinajstić information content (AvgIpc) is 3.34. The minimum atomic E-state index is -0.823. The highest BCUT2D eigenvalue weighted by Crippen LogP contribution is 2.43. The molecule has 1 amide bonds. The molecule has 166 valence electrons. The van der Waals surface area contributed by atoms with Gasteiger partial charge >= 0.3 is 5.97 Å². The first kappa shape index (κ1) is 21.4. The molecule has 0 aliphatic heterocycles. The van der Waals surface area contributed by atoms with Crippen molar-refractivity contribution in [3.8, 4) is 22.8 Å². The molecule has 1 aromatic heterocycles. The van der Waals surface area contributed by atoms with Crippen LogP contribution in [0.1, 0.15) is 27.2 Å². The fourth-order valence-corrected chi connectivity index (χ4v) is 4.14. The van der Waals surface area contributed by atoms with E-state index in [0.29, 0.717) is 30.0 Å². The number of aromatic nitrogens is 2. The number of fused-ring (bicyclic) bond motifs is 3. The summed E-state index contributed by atoms with van der Waals surface area (Å²) in [6.07, 6.45) is 0.853. The Kier molecular flexibility index (Phi) is 5.85. The molecule has 8 nitrogen and oxygen atoms in total. The third kappa shape index (κ3) is 3.79. The summed E-state index contributed by atoms with van der Waals surface area (Å²) in [4.78, 5) is 25.5. The molecule has 0 saturated heterocycles. The van der Waals surface area contributed by atoms with Gasteiger partial charge < -0.3 is 19.5 Å². The maximum absolute atomic E-state index is 13.2. The van der Waals surface area contributed by atoms with E-state index in [9.17, 15) is 9.59 Å². The van der Waals surface area contributed by atoms with Crippen LogP contribution in [0.4, 0.5) is 0 Å². The molecule has 1 atom stereocenters. The van der Waals surface area contributed by atoms with Crippen LogP contribution >= 0.6 is 0 Å². The molecule has 1 heterocycles. The molecule has 0 saturated carbocycles. The molecule has 0 radical (unpaired) electrons. The van der Waals surface area contributed by atoms with Crippen molar-refractivity contribution in [2.75, 3.05) is 21.3 Å². The summed E-state index contributed by atoms with van der Waals surface area (Å²) < 4.78 is 17.4. The molecule has 0 unspecified atom stereocenters. The highest BCUT2D eigenvalue weighted by atomic mass is 16.5. The van der Waals surface area contributed by atoms with E-state index >= 15 is 0 Å². The highest BCUT2D eigenvalue weighted by Gasteiger charge is 2.32. The minimum Gasteiger partial charge on any atom is -0.493 e. The van der Waals surface area contributed by atoms with Crippen molar-refractivity contribution in [1.29, 1.82) is 0 Å². The van der Waals surface area contributed by atoms with Crippen LogP contribution in [0.3, 0.4) is 0 Å². The van der Waals surface area contributed by atoms with E-state index in [4.69, 9.17) is 14.2 Å². The van der Waals surface area contributed by atoms with Crippen molar-refractivity contribution in [2.45, 2.75) is 18.9 Å². The molecule has 8 heteroatoms. The maximum Gasteiger partial charge on any atom is 0.328 e. The molecule has 3 aromatic rings. The summed E-state index contributed by atoms with van der Waals surface area (Å²) in [5.41, 5.74) is 4.83. The Morgan fingerprint density at radius 1 is 1.09 bits per heavy atom. The summed E-state index contributed by atoms with van der Waals surface area (Å²) in [5.74, 6) is 0.319. The number of carbonyl (C=O) groups excluding carboxylic acids is 2. The number of carbonyl (C=O) groups is 2. The lowest BCUT2D eigenvalue weighted by Gasteiger charge is -2.16. The van der Waals surface area contributed by atoms with Crippen molar-refractivity contribution in [3.63, 3.8) is 0 Å². The van der Waals surface area contributed by atoms with Gasteiger partial charge in [0.25, 0.3) is 5.91 Å². The van der Waals surface area contributed by atoms with Crippen molar-refractivity contribution in [2.24, 2.45) is 7.05 Å². The smallest absolute Gasteiger partial charge is 0.328 e. The number of nitrogens with one attached hydrogen (secondary N) is 1. The van der Waals surface area contributed by atoms with Gasteiger partial charge in [-0.3, -0.25) is 9.48 Å². The number of amides is 1. The predicted molar refractivity (Wildman–Crippen MR) is 118 cm³/mol. The monoisotopic (exact) mass is 435 g/mol. The van der Waals surface area contributed by atoms with Crippen LogP contribution in [-0.4, -0.2) is 49.0 Å². The summed E-state index contributed by atoms with van der Waals surface area (Å²) >= 11 is 0. The second-order valence-electron chi connectivity index (χ2n) is 7.58. The zero-order valence-corrected chi connectivity index (χ0v) is 18.5. The van der Waals surface area contributed by atoms with E-state index in [-0.39, 0.29) is 0 Å². The number of nitrogens with zero attached hydrogens (tertiary/aromatic N) is 2. The Balaban J connectivity index is 1.63. The van der Waals surface area contributed by atoms with Gasteiger partial charge in [0.05, 0.1) is 27.0 Å². The van der Waals surface area contributed by atoms with Gasteiger partial charge in [-0.15, -0.1) is 0 Å². The molecule has 1 aliphatic rings. The van der Waals surface area contributed by atoms with E-state index in [1.807, 2.05) is 42.5 Å². The standard InChI is InChI=1S/C24H25N3O5/c1-27-22-16-13-20(31-3)19(30-2)12-15(16)11-17(22)21(26-27)23(28)25-18(24(29)32-4)10-14-8-6-5-7-9-14/h5-9,12-13,18H,10-11H2,1-4H3,(H,25,28)/t18-/m0/s1. The van der Waals surface area contributed by atoms with Gasteiger partial charge in [-0.2, -0.15) is 5.10 Å². The van der Waals surface area contributed by atoms with Gasteiger partial charge in [0, 0.05) is 31.0 Å². The molecular formula is C24H25N3O5. The van der Waals surface area contributed by atoms with Gasteiger partial charge in [0.15, 0.2) is 17.2 Å². The zero-order valence-electron chi connectivity index (χ0n) is 18.5. The molecule has 4 rings (SSSR count). The molecular weight excluding hydrogens is 410 g/mol. The van der Waals surface area contributed by atoms with Crippen molar-refractivity contribution < 1.29 is 23.8 Å². The first-order valence-electron chi connectivity index (χ1n) is 10.2. The van der Waals surface area contributed by atoms with Crippen LogP contribution in [0.2, 0.25) is 0 Å². The van der Waals surface area contributed by atoms with E-state index < -0.39 is 17.9 Å². The Morgan fingerprint density at radius 2 is 1.78 bits per heavy atom. The molecule has 0 bridgehead atoms. The predicted octanol–water partition coefficient (Wildman–Crippen LogP) is 2.52. The fourth-order valence-electron chi connectivity index (χ4n) is 4.14. The number of aryl methyl sites for hydroxylation is 1. The number of rotatable bonds is 7. The van der Waals surface area contributed by atoms with Crippen molar-refractivity contribution in [3.05, 3.63) is 64.8 Å². The second-order valence-corrected chi connectivity index (χ2v) is 7.58. The fraction of sp³-hybridized carbons (Fsp3) is 0.292. The lowest BCUT2D eigenvalue weighted by atomic mass is 10.1. The summed E-state index contributed by atoms with van der Waals surface area (Å²) in [6, 6.07) is 12.5. The zero-order chi connectivity index (χ0) is 22.8. The van der Waals surface area contributed by atoms with Crippen LogP contribution in [0, 0.1) is 0 Å². The molecule has 1 N–H and O–H groups in total. The van der Waals surface area contributed by atoms with Gasteiger partial charge in [0.1, 0.15) is 6.04 Å².